The molecule has 0 nitrogen and oxygen atoms in total. The minimum atomic E-state index is -0.255. The zero-order valence-corrected chi connectivity index (χ0v) is 12.7. The standard InChI is InChI=1S/C16H15Cl3/c17-11-16(12-18,10-13-4-2-1-3-5-13)14-6-8-15(19)9-7-14/h1-9H,10-12H2. The zero-order valence-electron chi connectivity index (χ0n) is 10.5. The Balaban J connectivity index is 2.34. The highest BCUT2D eigenvalue weighted by atomic mass is 35.5. The number of hydrogen-bond acceptors (Lipinski definition) is 0. The minimum absolute atomic E-state index is 0.255. The Bertz CT molecular complexity index is 501. The monoisotopic (exact) mass is 312 g/mol. The molecule has 2 aromatic carbocycles. The van der Waals surface area contributed by atoms with Crippen LogP contribution in [0, 0.1) is 0 Å². The predicted octanol–water partition coefficient (Wildman–Crippen LogP) is 5.30. The summed E-state index contributed by atoms with van der Waals surface area (Å²) in [5, 5.41) is 0.724. The van der Waals surface area contributed by atoms with E-state index < -0.39 is 0 Å². The van der Waals surface area contributed by atoms with Crippen molar-refractivity contribution in [3.05, 3.63) is 70.7 Å². The van der Waals surface area contributed by atoms with E-state index in [1.807, 2.05) is 42.5 Å². The van der Waals surface area contributed by atoms with Crippen molar-refractivity contribution >= 4 is 34.8 Å². The Morgan fingerprint density at radius 3 is 1.89 bits per heavy atom. The molecule has 0 radical (unpaired) electrons. The molecule has 0 N–H and O–H groups in total. The smallest absolute Gasteiger partial charge is 0.0406 e. The topological polar surface area (TPSA) is 0 Å². The second kappa shape index (κ2) is 6.65. The number of hydrogen-bond donors (Lipinski definition) is 0. The Labute approximate surface area is 129 Å². The van der Waals surface area contributed by atoms with E-state index in [1.54, 1.807) is 0 Å². The molecule has 0 aliphatic heterocycles. The first-order valence-electron chi connectivity index (χ1n) is 6.12. The van der Waals surface area contributed by atoms with Crippen LogP contribution in [0.4, 0.5) is 0 Å². The Morgan fingerprint density at radius 2 is 1.37 bits per heavy atom. The quantitative estimate of drug-likeness (QED) is 0.657. The first-order chi connectivity index (χ1) is 9.20. The van der Waals surface area contributed by atoms with Gasteiger partial charge in [0.2, 0.25) is 0 Å². The summed E-state index contributed by atoms with van der Waals surface area (Å²) >= 11 is 18.4. The van der Waals surface area contributed by atoms with Crippen molar-refractivity contribution in [1.29, 1.82) is 0 Å². The maximum absolute atomic E-state index is 6.23. The van der Waals surface area contributed by atoms with Crippen LogP contribution in [0.15, 0.2) is 54.6 Å². The molecular weight excluding hydrogens is 299 g/mol. The summed E-state index contributed by atoms with van der Waals surface area (Å²) in [7, 11) is 0. The van der Waals surface area contributed by atoms with E-state index in [0.717, 1.165) is 17.0 Å². The van der Waals surface area contributed by atoms with E-state index >= 15 is 0 Å². The van der Waals surface area contributed by atoms with Crippen LogP contribution in [0.5, 0.6) is 0 Å². The number of alkyl halides is 2. The van der Waals surface area contributed by atoms with Gasteiger partial charge in [-0.3, -0.25) is 0 Å². The first-order valence-corrected chi connectivity index (χ1v) is 7.57. The molecule has 0 saturated carbocycles. The van der Waals surface area contributed by atoms with Crippen LogP contribution < -0.4 is 0 Å². The van der Waals surface area contributed by atoms with Crippen LogP contribution in [0.1, 0.15) is 11.1 Å². The first kappa shape index (κ1) is 14.7. The minimum Gasteiger partial charge on any atom is -0.126 e. The molecule has 3 heteroatoms. The fourth-order valence-electron chi connectivity index (χ4n) is 2.18. The normalized spacial score (nSPS) is 11.5. The van der Waals surface area contributed by atoms with Crippen LogP contribution in [0.25, 0.3) is 0 Å². The molecule has 0 saturated heterocycles. The summed E-state index contributed by atoms with van der Waals surface area (Å²) in [4.78, 5) is 0. The number of rotatable bonds is 5. The van der Waals surface area contributed by atoms with Crippen molar-refractivity contribution in [2.75, 3.05) is 11.8 Å². The van der Waals surface area contributed by atoms with Gasteiger partial charge in [-0.1, -0.05) is 54.1 Å². The Morgan fingerprint density at radius 1 is 0.789 bits per heavy atom. The molecule has 19 heavy (non-hydrogen) atoms. The summed E-state index contributed by atoms with van der Waals surface area (Å²) < 4.78 is 0. The molecule has 2 rings (SSSR count). The molecule has 2 aromatic rings. The third-order valence-electron chi connectivity index (χ3n) is 3.35. The average molecular weight is 314 g/mol. The molecule has 0 spiro atoms. The van der Waals surface area contributed by atoms with Crippen LogP contribution >= 0.6 is 34.8 Å². The average Bonchev–Trinajstić information content (AvgIpc) is 2.47. The molecule has 0 unspecified atom stereocenters. The van der Waals surface area contributed by atoms with Crippen LogP contribution in [-0.2, 0) is 11.8 Å². The lowest BCUT2D eigenvalue weighted by Gasteiger charge is -2.30. The highest BCUT2D eigenvalue weighted by molar-refractivity contribution is 6.30. The van der Waals surface area contributed by atoms with Gasteiger partial charge in [0.05, 0.1) is 0 Å². The summed E-state index contributed by atoms with van der Waals surface area (Å²) in [6.07, 6.45) is 0.822. The van der Waals surface area contributed by atoms with E-state index in [9.17, 15) is 0 Å². The molecule has 0 bridgehead atoms. The van der Waals surface area contributed by atoms with Gasteiger partial charge >= 0.3 is 0 Å². The third-order valence-corrected chi connectivity index (χ3v) is 4.63. The fraction of sp³-hybridized carbons (Fsp3) is 0.250. The van der Waals surface area contributed by atoms with Gasteiger partial charge in [-0.15, -0.1) is 23.2 Å². The summed E-state index contributed by atoms with van der Waals surface area (Å²) in [6, 6.07) is 18.1. The van der Waals surface area contributed by atoms with Gasteiger partial charge in [0.1, 0.15) is 0 Å². The summed E-state index contributed by atoms with van der Waals surface area (Å²) in [5.74, 6) is 0.958. The maximum atomic E-state index is 6.23. The molecular formula is C16H15Cl3. The van der Waals surface area contributed by atoms with Crippen LogP contribution in [-0.4, -0.2) is 11.8 Å². The Kier molecular flexibility index (Phi) is 5.15. The highest BCUT2D eigenvalue weighted by Gasteiger charge is 2.30. The van der Waals surface area contributed by atoms with Gasteiger partial charge in [0.15, 0.2) is 0 Å². The van der Waals surface area contributed by atoms with Gasteiger partial charge in [-0.05, 0) is 29.7 Å². The van der Waals surface area contributed by atoms with Crippen molar-refractivity contribution in [1.82, 2.24) is 0 Å². The lowest BCUT2D eigenvalue weighted by molar-refractivity contribution is 0.536. The van der Waals surface area contributed by atoms with Gasteiger partial charge in [-0.2, -0.15) is 0 Å². The number of halogens is 3. The lowest BCUT2D eigenvalue weighted by Crippen LogP contribution is -2.33. The third kappa shape index (κ3) is 3.45. The lowest BCUT2D eigenvalue weighted by atomic mass is 9.79. The SMILES string of the molecule is ClCC(CCl)(Cc1ccccc1)c1ccc(Cl)cc1. The number of benzene rings is 2. The molecule has 0 atom stereocenters. The van der Waals surface area contributed by atoms with E-state index in [2.05, 4.69) is 12.1 Å². The van der Waals surface area contributed by atoms with E-state index in [-0.39, 0.29) is 5.41 Å². The van der Waals surface area contributed by atoms with Crippen LogP contribution in [0.2, 0.25) is 5.02 Å². The molecule has 0 aliphatic carbocycles. The van der Waals surface area contributed by atoms with Gasteiger partial charge in [-0.25, -0.2) is 0 Å². The van der Waals surface area contributed by atoms with E-state index in [0.29, 0.717) is 11.8 Å². The Hall–Kier alpha value is -0.690. The van der Waals surface area contributed by atoms with E-state index in [1.165, 1.54) is 5.56 Å². The molecule has 0 aliphatic rings. The second-order valence-corrected chi connectivity index (χ2v) is 5.69. The second-order valence-electron chi connectivity index (χ2n) is 4.72. The van der Waals surface area contributed by atoms with Crippen LogP contribution in [0.3, 0.4) is 0 Å². The van der Waals surface area contributed by atoms with Gasteiger partial charge in [0.25, 0.3) is 0 Å². The van der Waals surface area contributed by atoms with Crippen molar-refractivity contribution in [3.63, 3.8) is 0 Å². The van der Waals surface area contributed by atoms with E-state index in [4.69, 9.17) is 34.8 Å². The van der Waals surface area contributed by atoms with Crippen molar-refractivity contribution in [3.8, 4) is 0 Å². The molecule has 0 fully saturated rings. The molecule has 0 heterocycles. The van der Waals surface area contributed by atoms with Crippen molar-refractivity contribution in [2.24, 2.45) is 0 Å². The molecule has 100 valence electrons. The highest BCUT2D eigenvalue weighted by Crippen LogP contribution is 2.32. The largest absolute Gasteiger partial charge is 0.126 e. The fourth-order valence-corrected chi connectivity index (χ4v) is 3.09. The molecule has 0 amide bonds. The zero-order chi connectivity index (χ0) is 13.7. The maximum Gasteiger partial charge on any atom is 0.0406 e. The predicted molar refractivity (Wildman–Crippen MR) is 84.7 cm³/mol. The van der Waals surface area contributed by atoms with Gasteiger partial charge in [0, 0.05) is 22.2 Å². The van der Waals surface area contributed by atoms with Gasteiger partial charge < -0.3 is 0 Å². The van der Waals surface area contributed by atoms with Crippen molar-refractivity contribution in [2.45, 2.75) is 11.8 Å². The molecule has 0 aromatic heterocycles. The summed E-state index contributed by atoms with van der Waals surface area (Å²) in [6.45, 7) is 0. The summed E-state index contributed by atoms with van der Waals surface area (Å²) in [5.41, 5.74) is 2.11. The van der Waals surface area contributed by atoms with Crippen molar-refractivity contribution < 1.29 is 0 Å².